The van der Waals surface area contributed by atoms with E-state index in [9.17, 15) is 4.79 Å². The van der Waals surface area contributed by atoms with Crippen molar-refractivity contribution in [3.8, 4) is 0 Å². The summed E-state index contributed by atoms with van der Waals surface area (Å²) in [6.07, 6.45) is 6.11. The number of H-pyrrole nitrogens is 1. The number of aromatic nitrogens is 3. The Morgan fingerprint density at radius 2 is 2.12 bits per heavy atom. The second-order valence-electron chi connectivity index (χ2n) is 5.86. The fourth-order valence-electron chi connectivity index (χ4n) is 2.84. The first kappa shape index (κ1) is 17.6. The Balaban J connectivity index is 1.49. The lowest BCUT2D eigenvalue weighted by molar-refractivity contribution is -0.113. The van der Waals surface area contributed by atoms with E-state index in [1.54, 1.807) is 18.2 Å². The molecule has 3 rings (SSSR count). The molecule has 0 aliphatic heterocycles. The molecule has 8 heteroatoms. The van der Waals surface area contributed by atoms with Gasteiger partial charge < -0.3 is 5.32 Å². The molecule has 0 bridgehead atoms. The van der Waals surface area contributed by atoms with Gasteiger partial charge in [-0.1, -0.05) is 66.7 Å². The first-order valence-corrected chi connectivity index (χ1v) is 9.64. The van der Waals surface area contributed by atoms with Gasteiger partial charge in [-0.15, -0.1) is 5.10 Å². The van der Waals surface area contributed by atoms with E-state index in [1.165, 1.54) is 37.4 Å². The molecule has 0 unspecified atom stereocenters. The molecule has 24 heavy (non-hydrogen) atoms. The lowest BCUT2D eigenvalue weighted by atomic mass is 10.0. The van der Waals surface area contributed by atoms with Crippen molar-refractivity contribution in [2.75, 3.05) is 11.1 Å². The monoisotopic (exact) mass is 384 g/mol. The van der Waals surface area contributed by atoms with Crippen molar-refractivity contribution < 1.29 is 4.79 Å². The van der Waals surface area contributed by atoms with Gasteiger partial charge >= 0.3 is 0 Å². The highest BCUT2D eigenvalue weighted by molar-refractivity contribution is 7.99. The molecule has 0 saturated heterocycles. The molecule has 0 atom stereocenters. The van der Waals surface area contributed by atoms with Crippen LogP contribution in [-0.4, -0.2) is 26.8 Å². The van der Waals surface area contributed by atoms with Crippen molar-refractivity contribution in [1.29, 1.82) is 0 Å². The average molecular weight is 385 g/mol. The Bertz CT molecular complexity index is 716. The van der Waals surface area contributed by atoms with Crippen LogP contribution >= 0.6 is 35.0 Å². The minimum Gasteiger partial charge on any atom is -0.324 e. The van der Waals surface area contributed by atoms with Crippen LogP contribution in [0, 0.1) is 5.92 Å². The lowest BCUT2D eigenvalue weighted by Crippen LogP contribution is -2.14. The summed E-state index contributed by atoms with van der Waals surface area (Å²) in [5.41, 5.74) is 0.506. The number of hydrogen-bond acceptors (Lipinski definition) is 4. The summed E-state index contributed by atoms with van der Waals surface area (Å²) in [4.78, 5) is 16.5. The van der Waals surface area contributed by atoms with Gasteiger partial charge in [0.25, 0.3) is 0 Å². The van der Waals surface area contributed by atoms with Gasteiger partial charge in [0.15, 0.2) is 0 Å². The predicted octanol–water partition coefficient (Wildman–Crippen LogP) is 4.58. The van der Waals surface area contributed by atoms with Crippen LogP contribution in [0.25, 0.3) is 0 Å². The van der Waals surface area contributed by atoms with Crippen LogP contribution in [0.3, 0.4) is 0 Å². The van der Waals surface area contributed by atoms with Crippen molar-refractivity contribution in [3.63, 3.8) is 0 Å². The minimum absolute atomic E-state index is 0.175. The second kappa shape index (κ2) is 8.23. The van der Waals surface area contributed by atoms with E-state index in [2.05, 4.69) is 20.5 Å². The molecule has 1 heterocycles. The molecule has 1 aliphatic carbocycles. The van der Waals surface area contributed by atoms with Crippen LogP contribution in [0.15, 0.2) is 23.4 Å². The molecule has 1 amide bonds. The van der Waals surface area contributed by atoms with E-state index in [4.69, 9.17) is 23.2 Å². The summed E-state index contributed by atoms with van der Waals surface area (Å²) in [6, 6.07) is 5.12. The van der Waals surface area contributed by atoms with Crippen LogP contribution in [-0.2, 0) is 11.2 Å². The first-order chi connectivity index (χ1) is 11.6. The van der Waals surface area contributed by atoms with Crippen molar-refractivity contribution in [1.82, 2.24) is 15.2 Å². The molecule has 1 fully saturated rings. The maximum atomic E-state index is 12.0. The molecular weight excluding hydrogens is 367 g/mol. The SMILES string of the molecule is O=C(CSc1n[nH]c(CC2CCCC2)n1)Nc1cccc(Cl)c1Cl. The molecule has 0 spiro atoms. The third-order valence-electron chi connectivity index (χ3n) is 4.03. The Hall–Kier alpha value is -1.24. The van der Waals surface area contributed by atoms with Crippen LogP contribution in [0.5, 0.6) is 0 Å². The van der Waals surface area contributed by atoms with Crippen LogP contribution in [0.1, 0.15) is 31.5 Å². The number of nitrogens with zero attached hydrogens (tertiary/aromatic N) is 2. The van der Waals surface area contributed by atoms with Gasteiger partial charge in [-0.3, -0.25) is 9.89 Å². The van der Waals surface area contributed by atoms with Crippen molar-refractivity contribution >= 4 is 46.6 Å². The molecule has 1 aromatic carbocycles. The molecule has 128 valence electrons. The predicted molar refractivity (Wildman–Crippen MR) is 97.9 cm³/mol. The van der Waals surface area contributed by atoms with Gasteiger partial charge in [-0.25, -0.2) is 4.98 Å². The molecule has 2 N–H and O–H groups in total. The third kappa shape index (κ3) is 4.65. The molecule has 0 radical (unpaired) electrons. The highest BCUT2D eigenvalue weighted by Crippen LogP contribution is 2.30. The number of anilines is 1. The standard InChI is InChI=1S/C16H18Cl2N4OS/c17-11-6-3-7-12(15(11)18)19-14(23)9-24-16-20-13(21-22-16)8-10-4-1-2-5-10/h3,6-7,10H,1-2,4-5,8-9H2,(H,19,23)(H,20,21,22). The molecule has 1 saturated carbocycles. The summed E-state index contributed by atoms with van der Waals surface area (Å²) < 4.78 is 0. The first-order valence-electron chi connectivity index (χ1n) is 7.90. The maximum absolute atomic E-state index is 12.0. The minimum atomic E-state index is -0.175. The Labute approximate surface area is 154 Å². The number of carbonyl (C=O) groups is 1. The highest BCUT2D eigenvalue weighted by atomic mass is 35.5. The Kier molecular flexibility index (Phi) is 6.03. The molecule has 5 nitrogen and oxygen atoms in total. The molecular formula is C16H18Cl2N4OS. The Morgan fingerprint density at radius 3 is 2.92 bits per heavy atom. The van der Waals surface area contributed by atoms with Gasteiger partial charge in [-0.2, -0.15) is 0 Å². The smallest absolute Gasteiger partial charge is 0.234 e. The van der Waals surface area contributed by atoms with E-state index in [0.29, 0.717) is 26.8 Å². The van der Waals surface area contributed by atoms with Crippen molar-refractivity contribution in [2.24, 2.45) is 5.92 Å². The van der Waals surface area contributed by atoms with E-state index < -0.39 is 0 Å². The number of carbonyl (C=O) groups excluding carboxylic acids is 1. The summed E-state index contributed by atoms with van der Waals surface area (Å²) in [5, 5.41) is 11.2. The van der Waals surface area contributed by atoms with Crippen LogP contribution < -0.4 is 5.32 Å². The molecule has 1 aromatic heterocycles. The zero-order valence-corrected chi connectivity index (χ0v) is 15.3. The Morgan fingerprint density at radius 1 is 1.33 bits per heavy atom. The largest absolute Gasteiger partial charge is 0.324 e. The molecule has 2 aromatic rings. The number of hydrogen-bond donors (Lipinski definition) is 2. The lowest BCUT2D eigenvalue weighted by Gasteiger charge is -2.07. The van der Waals surface area contributed by atoms with E-state index in [1.807, 2.05) is 0 Å². The topological polar surface area (TPSA) is 70.7 Å². The zero-order valence-electron chi connectivity index (χ0n) is 13.0. The zero-order chi connectivity index (χ0) is 16.9. The van der Waals surface area contributed by atoms with E-state index in [-0.39, 0.29) is 11.7 Å². The number of benzene rings is 1. The van der Waals surface area contributed by atoms with Gasteiger partial charge in [0.2, 0.25) is 11.1 Å². The number of rotatable bonds is 6. The van der Waals surface area contributed by atoms with Crippen LogP contribution in [0.4, 0.5) is 5.69 Å². The maximum Gasteiger partial charge on any atom is 0.234 e. The van der Waals surface area contributed by atoms with Crippen molar-refractivity contribution in [2.45, 2.75) is 37.3 Å². The quantitative estimate of drug-likeness (QED) is 0.715. The normalized spacial score (nSPS) is 14.9. The van der Waals surface area contributed by atoms with Crippen LogP contribution in [0.2, 0.25) is 10.0 Å². The number of thioether (sulfide) groups is 1. The van der Waals surface area contributed by atoms with Gasteiger partial charge in [0.05, 0.1) is 21.5 Å². The fraction of sp³-hybridized carbons (Fsp3) is 0.438. The number of amides is 1. The number of nitrogens with one attached hydrogen (secondary N) is 2. The van der Waals surface area contributed by atoms with Gasteiger partial charge in [0, 0.05) is 6.42 Å². The number of halogens is 2. The third-order valence-corrected chi connectivity index (χ3v) is 5.69. The highest BCUT2D eigenvalue weighted by Gasteiger charge is 2.17. The summed E-state index contributed by atoms with van der Waals surface area (Å²) >= 11 is 13.3. The van der Waals surface area contributed by atoms with Gasteiger partial charge in [-0.05, 0) is 18.1 Å². The molecule has 1 aliphatic rings. The van der Waals surface area contributed by atoms with E-state index >= 15 is 0 Å². The fourth-order valence-corrected chi connectivity index (χ4v) is 3.80. The van der Waals surface area contributed by atoms with E-state index in [0.717, 1.165) is 12.2 Å². The van der Waals surface area contributed by atoms with Gasteiger partial charge in [0.1, 0.15) is 5.82 Å². The second-order valence-corrected chi connectivity index (χ2v) is 7.59. The summed E-state index contributed by atoms with van der Waals surface area (Å²) in [7, 11) is 0. The number of aromatic amines is 1. The average Bonchev–Trinajstić information content (AvgIpc) is 3.22. The summed E-state index contributed by atoms with van der Waals surface area (Å²) in [5.74, 6) is 1.65. The summed E-state index contributed by atoms with van der Waals surface area (Å²) in [6.45, 7) is 0. The van der Waals surface area contributed by atoms with Crippen molar-refractivity contribution in [3.05, 3.63) is 34.1 Å².